The highest BCUT2D eigenvalue weighted by atomic mass is 35.5. The van der Waals surface area contributed by atoms with E-state index in [1.807, 2.05) is 13.0 Å². The largest absolute Gasteiger partial charge is 0.490 e. The van der Waals surface area contributed by atoms with Crippen LogP contribution in [-0.4, -0.2) is 41.2 Å². The van der Waals surface area contributed by atoms with Crippen LogP contribution in [-0.2, 0) is 14.4 Å². The van der Waals surface area contributed by atoms with Crippen LogP contribution in [0.15, 0.2) is 82.6 Å². The number of fused-ring (bicyclic) bond motifs is 2. The van der Waals surface area contributed by atoms with Crippen LogP contribution >= 0.6 is 34.7 Å². The number of halogens is 1. The number of thiazole rings is 1. The number of carbonyl (C=O) groups excluding carboxylic acids is 3. The molecule has 2 aliphatic rings. The Kier molecular flexibility index (Phi) is 7.80. The van der Waals surface area contributed by atoms with Gasteiger partial charge in [0.2, 0.25) is 11.8 Å². The van der Waals surface area contributed by atoms with Crippen molar-refractivity contribution in [2.24, 2.45) is 5.92 Å². The molecule has 9 nitrogen and oxygen atoms in total. The van der Waals surface area contributed by atoms with E-state index in [0.29, 0.717) is 50.0 Å². The van der Waals surface area contributed by atoms with Crippen molar-refractivity contribution in [1.82, 2.24) is 4.98 Å². The van der Waals surface area contributed by atoms with Crippen LogP contribution in [0, 0.1) is 5.92 Å². The number of thioether (sulfide) groups is 1. The van der Waals surface area contributed by atoms with Crippen molar-refractivity contribution in [3.05, 3.63) is 97.9 Å². The van der Waals surface area contributed by atoms with Gasteiger partial charge in [0, 0.05) is 21.5 Å². The van der Waals surface area contributed by atoms with Crippen molar-refractivity contribution in [2.75, 3.05) is 23.4 Å². The van der Waals surface area contributed by atoms with Crippen molar-refractivity contribution in [3.63, 3.8) is 0 Å². The third-order valence-corrected chi connectivity index (χ3v) is 9.60. The second kappa shape index (κ2) is 11.7. The van der Waals surface area contributed by atoms with Gasteiger partial charge in [-0.1, -0.05) is 59.0 Å². The molecule has 1 fully saturated rings. The van der Waals surface area contributed by atoms with Gasteiger partial charge in [0.05, 0.1) is 23.2 Å². The van der Waals surface area contributed by atoms with Crippen LogP contribution in [0.1, 0.15) is 23.3 Å². The third-order valence-electron chi connectivity index (χ3n) is 6.95. The first kappa shape index (κ1) is 28.1. The Hall–Kier alpha value is -4.06. The number of H-pyrrole nitrogens is 1. The van der Waals surface area contributed by atoms with Gasteiger partial charge in [-0.25, -0.2) is 4.90 Å². The maximum Gasteiger partial charge on any atom is 0.305 e. The zero-order valence-electron chi connectivity index (χ0n) is 22.2. The Balaban J connectivity index is 1.31. The standard InChI is InChI=1S/C30H24ClN3O6S2/c1-2-39-21-14-16(8-13-20(21)40-15-22(35)32-18-11-9-17(31)10-12-18)23-24-26(41-27-25(23)42-30(38)33-27)29(37)34(28(24)36)19-6-4-3-5-7-19/h3-14,23-24,26H,2,15H2,1H3,(H,32,35)(H,33,38). The SMILES string of the molecule is CCOc1cc(C2c3sc(=O)[nH]c3SC3C(=O)N(c4ccccc4)C(=O)C32)ccc1OCC(=O)Nc1ccc(Cl)cc1. The predicted molar refractivity (Wildman–Crippen MR) is 162 cm³/mol. The number of carbonyl (C=O) groups is 3. The summed E-state index contributed by atoms with van der Waals surface area (Å²) in [4.78, 5) is 56.9. The van der Waals surface area contributed by atoms with Crippen molar-refractivity contribution in [3.8, 4) is 11.5 Å². The molecule has 0 bridgehead atoms. The zero-order valence-corrected chi connectivity index (χ0v) is 24.6. The summed E-state index contributed by atoms with van der Waals surface area (Å²) in [6.07, 6.45) is 0. The molecule has 12 heteroatoms. The molecule has 1 aromatic heterocycles. The van der Waals surface area contributed by atoms with Gasteiger partial charge in [0.15, 0.2) is 18.1 Å². The summed E-state index contributed by atoms with van der Waals surface area (Å²) in [5.74, 6) is -1.58. The normalized spacial score (nSPS) is 19.3. The van der Waals surface area contributed by atoms with Crippen molar-refractivity contribution in [2.45, 2.75) is 23.1 Å². The number of ether oxygens (including phenoxy) is 2. The fourth-order valence-electron chi connectivity index (χ4n) is 5.19. The lowest BCUT2D eigenvalue weighted by Gasteiger charge is -2.30. The molecule has 3 heterocycles. The van der Waals surface area contributed by atoms with E-state index >= 15 is 0 Å². The number of amides is 3. The molecule has 0 radical (unpaired) electrons. The summed E-state index contributed by atoms with van der Waals surface area (Å²) < 4.78 is 11.7. The minimum atomic E-state index is -0.729. The Morgan fingerprint density at radius 1 is 0.976 bits per heavy atom. The first-order valence-electron chi connectivity index (χ1n) is 13.1. The second-order valence-corrected chi connectivity index (χ2v) is 12.2. The molecular formula is C30H24ClN3O6S2. The van der Waals surface area contributed by atoms with Crippen LogP contribution in [0.4, 0.5) is 11.4 Å². The number of aromatic amines is 1. The maximum atomic E-state index is 13.9. The van der Waals surface area contributed by atoms with Gasteiger partial charge in [0.1, 0.15) is 5.25 Å². The summed E-state index contributed by atoms with van der Waals surface area (Å²) in [6, 6.07) is 20.8. The van der Waals surface area contributed by atoms with Crippen LogP contribution in [0.25, 0.3) is 0 Å². The maximum absolute atomic E-state index is 13.9. The van der Waals surface area contributed by atoms with Gasteiger partial charge in [0.25, 0.3) is 5.91 Å². The summed E-state index contributed by atoms with van der Waals surface area (Å²) in [5.41, 5.74) is 1.78. The Morgan fingerprint density at radius 3 is 2.48 bits per heavy atom. The smallest absolute Gasteiger partial charge is 0.305 e. The molecule has 3 aromatic carbocycles. The third kappa shape index (κ3) is 5.31. The lowest BCUT2D eigenvalue weighted by Crippen LogP contribution is -2.32. The summed E-state index contributed by atoms with van der Waals surface area (Å²) in [7, 11) is 0. The van der Waals surface area contributed by atoms with E-state index < -0.39 is 17.1 Å². The molecule has 2 aliphatic heterocycles. The number of anilines is 2. The number of benzene rings is 3. The van der Waals surface area contributed by atoms with Crippen LogP contribution in [0.3, 0.4) is 0 Å². The van der Waals surface area contributed by atoms with Crippen molar-refractivity contribution >= 4 is 63.8 Å². The first-order chi connectivity index (χ1) is 20.3. The van der Waals surface area contributed by atoms with E-state index in [2.05, 4.69) is 10.3 Å². The quantitative estimate of drug-likeness (QED) is 0.256. The Labute approximate surface area is 253 Å². The number of aromatic nitrogens is 1. The summed E-state index contributed by atoms with van der Waals surface area (Å²) in [6.45, 7) is 1.88. The van der Waals surface area contributed by atoms with E-state index in [1.54, 1.807) is 66.7 Å². The highest BCUT2D eigenvalue weighted by Crippen LogP contribution is 2.53. The van der Waals surface area contributed by atoms with E-state index in [-0.39, 0.29) is 29.2 Å². The fraction of sp³-hybridized carbons (Fsp3) is 0.200. The number of rotatable bonds is 8. The lowest BCUT2D eigenvalue weighted by molar-refractivity contribution is -0.122. The molecule has 6 rings (SSSR count). The van der Waals surface area contributed by atoms with Gasteiger partial charge in [-0.2, -0.15) is 0 Å². The number of imide groups is 1. The molecule has 3 unspecified atom stereocenters. The molecule has 42 heavy (non-hydrogen) atoms. The molecule has 3 atom stereocenters. The van der Waals surface area contributed by atoms with Crippen LogP contribution in [0.5, 0.6) is 11.5 Å². The average Bonchev–Trinajstić information content (AvgIpc) is 3.48. The number of hydrogen-bond donors (Lipinski definition) is 2. The highest BCUT2D eigenvalue weighted by molar-refractivity contribution is 8.00. The van der Waals surface area contributed by atoms with E-state index in [4.69, 9.17) is 21.1 Å². The molecule has 2 N–H and O–H groups in total. The Morgan fingerprint density at radius 2 is 1.74 bits per heavy atom. The van der Waals surface area contributed by atoms with E-state index in [9.17, 15) is 19.2 Å². The minimum Gasteiger partial charge on any atom is -0.490 e. The molecule has 3 amide bonds. The topological polar surface area (TPSA) is 118 Å². The monoisotopic (exact) mass is 621 g/mol. The first-order valence-corrected chi connectivity index (χ1v) is 15.2. The fourth-order valence-corrected chi connectivity index (χ4v) is 7.83. The molecule has 1 saturated heterocycles. The van der Waals surface area contributed by atoms with Crippen LogP contribution in [0.2, 0.25) is 5.02 Å². The number of hydrogen-bond acceptors (Lipinski definition) is 8. The number of nitrogens with zero attached hydrogens (tertiary/aromatic N) is 1. The summed E-state index contributed by atoms with van der Waals surface area (Å²) in [5, 5.41) is 3.19. The Bertz CT molecular complexity index is 1720. The highest BCUT2D eigenvalue weighted by Gasteiger charge is 2.56. The number of para-hydroxylation sites is 1. The molecule has 4 aromatic rings. The zero-order chi connectivity index (χ0) is 29.4. The molecule has 0 saturated carbocycles. The van der Waals surface area contributed by atoms with E-state index in [1.165, 1.54) is 16.7 Å². The molecule has 0 spiro atoms. The lowest BCUT2D eigenvalue weighted by atomic mass is 9.83. The van der Waals surface area contributed by atoms with Gasteiger partial charge < -0.3 is 19.8 Å². The van der Waals surface area contributed by atoms with E-state index in [0.717, 1.165) is 11.3 Å². The van der Waals surface area contributed by atoms with Gasteiger partial charge in [-0.05, 0) is 61.0 Å². The van der Waals surface area contributed by atoms with Crippen molar-refractivity contribution < 1.29 is 23.9 Å². The number of nitrogens with one attached hydrogen (secondary N) is 2. The predicted octanol–water partition coefficient (Wildman–Crippen LogP) is 5.30. The van der Waals surface area contributed by atoms with Gasteiger partial charge >= 0.3 is 4.87 Å². The average molecular weight is 622 g/mol. The van der Waals surface area contributed by atoms with Crippen LogP contribution < -0.4 is 24.6 Å². The minimum absolute atomic E-state index is 0.256. The summed E-state index contributed by atoms with van der Waals surface area (Å²) >= 11 is 8.16. The molecular weight excluding hydrogens is 598 g/mol. The van der Waals surface area contributed by atoms with Crippen molar-refractivity contribution in [1.29, 1.82) is 0 Å². The molecule has 0 aliphatic carbocycles. The second-order valence-electron chi connectivity index (χ2n) is 9.58. The molecule has 214 valence electrons. The van der Waals surface area contributed by atoms with Gasteiger partial charge in [-0.3, -0.25) is 19.2 Å². The van der Waals surface area contributed by atoms with Gasteiger partial charge in [-0.15, -0.1) is 0 Å².